The molecule has 28 heavy (non-hydrogen) atoms. The van der Waals surface area contributed by atoms with E-state index in [1.807, 2.05) is 54.6 Å². The second-order valence-corrected chi connectivity index (χ2v) is 8.85. The van der Waals surface area contributed by atoms with Crippen LogP contribution in [-0.2, 0) is 22.3 Å². The Morgan fingerprint density at radius 1 is 0.893 bits per heavy atom. The van der Waals surface area contributed by atoms with Crippen LogP contribution in [0.15, 0.2) is 66.7 Å². The van der Waals surface area contributed by atoms with Gasteiger partial charge in [-0.1, -0.05) is 54.6 Å². The number of benzene rings is 3. The van der Waals surface area contributed by atoms with Crippen LogP contribution in [0.1, 0.15) is 35.3 Å². The number of rotatable bonds is 7. The first-order chi connectivity index (χ1) is 13.3. The van der Waals surface area contributed by atoms with Crippen LogP contribution in [0.4, 0.5) is 0 Å². The average molecular weight is 397 g/mol. The minimum atomic E-state index is -3.35. The van der Waals surface area contributed by atoms with E-state index in [-0.39, 0.29) is 17.7 Å². The second-order valence-electron chi connectivity index (χ2n) is 7.09. The summed E-state index contributed by atoms with van der Waals surface area (Å²) in [4.78, 5) is 12.4. The van der Waals surface area contributed by atoms with Crippen molar-refractivity contribution in [1.82, 2.24) is 10.0 Å². The molecule has 0 aliphatic heterocycles. The van der Waals surface area contributed by atoms with Crippen LogP contribution in [0, 0.1) is 0 Å². The lowest BCUT2D eigenvalue weighted by Crippen LogP contribution is -2.31. The van der Waals surface area contributed by atoms with E-state index < -0.39 is 10.0 Å². The number of carbonyl (C=O) groups excluding carboxylic acids is 1. The topological polar surface area (TPSA) is 75.3 Å². The summed E-state index contributed by atoms with van der Waals surface area (Å²) in [6.07, 6.45) is 0. The zero-order chi connectivity index (χ0) is 20.1. The lowest BCUT2D eigenvalue weighted by molar-refractivity contribution is 0.0951. The van der Waals surface area contributed by atoms with Gasteiger partial charge in [0.2, 0.25) is 10.0 Å². The van der Waals surface area contributed by atoms with Crippen molar-refractivity contribution in [2.24, 2.45) is 0 Å². The smallest absolute Gasteiger partial charge is 0.251 e. The highest BCUT2D eigenvalue weighted by Crippen LogP contribution is 2.16. The van der Waals surface area contributed by atoms with E-state index in [0.29, 0.717) is 17.7 Å². The fourth-order valence-electron chi connectivity index (χ4n) is 2.99. The fraction of sp³-hybridized carbons (Fsp3) is 0.227. The Labute approximate surface area is 165 Å². The molecule has 0 heterocycles. The normalized spacial score (nSPS) is 11.7. The molecule has 3 aromatic rings. The maximum Gasteiger partial charge on any atom is 0.251 e. The van der Waals surface area contributed by atoms with E-state index in [0.717, 1.165) is 16.3 Å². The zero-order valence-electron chi connectivity index (χ0n) is 16.0. The molecule has 0 unspecified atom stereocenters. The fourth-order valence-corrected chi connectivity index (χ4v) is 4.42. The molecule has 0 aliphatic rings. The zero-order valence-corrected chi connectivity index (χ0v) is 16.8. The highest BCUT2D eigenvalue weighted by atomic mass is 32.2. The maximum absolute atomic E-state index is 12.4. The molecule has 3 aromatic carbocycles. The van der Waals surface area contributed by atoms with Crippen LogP contribution in [0.25, 0.3) is 10.8 Å². The van der Waals surface area contributed by atoms with Crippen molar-refractivity contribution < 1.29 is 13.2 Å². The van der Waals surface area contributed by atoms with Gasteiger partial charge in [-0.2, -0.15) is 0 Å². The second kappa shape index (κ2) is 8.54. The third-order valence-corrected chi connectivity index (χ3v) is 5.80. The average Bonchev–Trinajstić information content (AvgIpc) is 2.65. The van der Waals surface area contributed by atoms with E-state index in [2.05, 4.69) is 10.0 Å². The summed E-state index contributed by atoms with van der Waals surface area (Å²) in [5.41, 5.74) is 2.23. The molecule has 0 fully saturated rings. The van der Waals surface area contributed by atoms with Gasteiger partial charge in [0.15, 0.2) is 0 Å². The number of amides is 1. The summed E-state index contributed by atoms with van der Waals surface area (Å²) in [5.74, 6) is -0.201. The number of carbonyl (C=O) groups is 1. The summed E-state index contributed by atoms with van der Waals surface area (Å²) in [7, 11) is -3.35. The van der Waals surface area contributed by atoms with Gasteiger partial charge >= 0.3 is 0 Å². The van der Waals surface area contributed by atoms with E-state index in [1.54, 1.807) is 26.0 Å². The number of sulfonamides is 1. The van der Waals surface area contributed by atoms with E-state index >= 15 is 0 Å². The largest absolute Gasteiger partial charge is 0.348 e. The maximum atomic E-state index is 12.4. The summed E-state index contributed by atoms with van der Waals surface area (Å²) in [5, 5.41) is 5.02. The molecule has 2 N–H and O–H groups in total. The van der Waals surface area contributed by atoms with Crippen molar-refractivity contribution in [3.05, 3.63) is 83.4 Å². The SMILES string of the molecule is CC(C)NS(=O)(=O)Cc1ccc(CNC(=O)c2ccc3ccccc3c2)cc1. The van der Waals surface area contributed by atoms with Gasteiger partial charge in [-0.25, -0.2) is 13.1 Å². The van der Waals surface area contributed by atoms with Gasteiger partial charge in [-0.05, 0) is 47.9 Å². The molecular weight excluding hydrogens is 372 g/mol. The molecule has 3 rings (SSSR count). The van der Waals surface area contributed by atoms with Crippen LogP contribution in [0.5, 0.6) is 0 Å². The van der Waals surface area contributed by atoms with Crippen molar-refractivity contribution in [2.75, 3.05) is 0 Å². The molecule has 0 aliphatic carbocycles. The molecule has 146 valence electrons. The van der Waals surface area contributed by atoms with Gasteiger partial charge in [0.1, 0.15) is 0 Å². The van der Waals surface area contributed by atoms with Crippen molar-refractivity contribution in [1.29, 1.82) is 0 Å². The lowest BCUT2D eigenvalue weighted by Gasteiger charge is -2.10. The van der Waals surface area contributed by atoms with Crippen LogP contribution in [0.3, 0.4) is 0 Å². The standard InChI is InChI=1S/C22H24N2O3S/c1-16(2)24-28(26,27)15-18-9-7-17(8-10-18)14-23-22(25)21-12-11-19-5-3-4-6-20(19)13-21/h3-13,16,24H,14-15H2,1-2H3,(H,23,25). The van der Waals surface area contributed by atoms with E-state index in [9.17, 15) is 13.2 Å². The molecule has 0 atom stereocenters. The van der Waals surface area contributed by atoms with E-state index in [1.165, 1.54) is 0 Å². The minimum Gasteiger partial charge on any atom is -0.348 e. The number of hydrogen-bond donors (Lipinski definition) is 2. The number of nitrogens with one attached hydrogen (secondary N) is 2. The first-order valence-corrected chi connectivity index (χ1v) is 10.8. The van der Waals surface area contributed by atoms with Crippen LogP contribution < -0.4 is 10.0 Å². The molecule has 5 nitrogen and oxygen atoms in total. The highest BCUT2D eigenvalue weighted by molar-refractivity contribution is 7.88. The van der Waals surface area contributed by atoms with Gasteiger partial charge in [-0.3, -0.25) is 4.79 Å². The molecule has 6 heteroatoms. The Hall–Kier alpha value is -2.70. The summed E-state index contributed by atoms with van der Waals surface area (Å²) in [6, 6.07) is 20.6. The van der Waals surface area contributed by atoms with Crippen molar-refractivity contribution in [3.63, 3.8) is 0 Å². The minimum absolute atomic E-state index is 0.0606. The Kier molecular flexibility index (Phi) is 6.11. The monoisotopic (exact) mass is 396 g/mol. The predicted octanol–water partition coefficient (Wildman–Crippen LogP) is 3.60. The molecule has 0 bridgehead atoms. The number of fused-ring (bicyclic) bond motifs is 1. The van der Waals surface area contributed by atoms with Crippen molar-refractivity contribution in [2.45, 2.75) is 32.2 Å². The van der Waals surface area contributed by atoms with E-state index in [4.69, 9.17) is 0 Å². The third kappa shape index (κ3) is 5.41. The van der Waals surface area contributed by atoms with Gasteiger partial charge in [0.05, 0.1) is 5.75 Å². The molecule has 0 saturated heterocycles. The summed E-state index contributed by atoms with van der Waals surface area (Å²) >= 11 is 0. The van der Waals surface area contributed by atoms with Gasteiger partial charge in [-0.15, -0.1) is 0 Å². The molecule has 1 amide bonds. The number of hydrogen-bond acceptors (Lipinski definition) is 3. The molecule has 0 saturated carbocycles. The first kappa shape index (κ1) is 20.0. The van der Waals surface area contributed by atoms with Gasteiger partial charge in [0, 0.05) is 18.2 Å². The van der Waals surface area contributed by atoms with Crippen molar-refractivity contribution >= 4 is 26.7 Å². The molecular formula is C22H24N2O3S. The Bertz CT molecular complexity index is 1070. The first-order valence-electron chi connectivity index (χ1n) is 9.17. The molecule has 0 radical (unpaired) electrons. The Balaban J connectivity index is 1.60. The third-order valence-electron chi connectivity index (χ3n) is 4.26. The van der Waals surface area contributed by atoms with Crippen LogP contribution >= 0.6 is 0 Å². The van der Waals surface area contributed by atoms with Gasteiger partial charge < -0.3 is 5.32 Å². The quantitative estimate of drug-likeness (QED) is 0.641. The van der Waals surface area contributed by atoms with Gasteiger partial charge in [0.25, 0.3) is 5.91 Å². The molecule has 0 spiro atoms. The highest BCUT2D eigenvalue weighted by Gasteiger charge is 2.13. The Morgan fingerprint density at radius 2 is 1.54 bits per heavy atom. The predicted molar refractivity (Wildman–Crippen MR) is 112 cm³/mol. The molecule has 0 aromatic heterocycles. The Morgan fingerprint density at radius 3 is 2.21 bits per heavy atom. The van der Waals surface area contributed by atoms with Crippen LogP contribution in [0.2, 0.25) is 0 Å². The van der Waals surface area contributed by atoms with Crippen LogP contribution in [-0.4, -0.2) is 20.4 Å². The van der Waals surface area contributed by atoms with Crippen molar-refractivity contribution in [3.8, 4) is 0 Å². The summed E-state index contributed by atoms with van der Waals surface area (Å²) in [6.45, 7) is 3.96. The summed E-state index contributed by atoms with van der Waals surface area (Å²) < 4.78 is 26.6. The lowest BCUT2D eigenvalue weighted by atomic mass is 10.1.